The molecule has 1 saturated heterocycles. The van der Waals surface area contributed by atoms with Crippen molar-refractivity contribution in [1.29, 1.82) is 0 Å². The van der Waals surface area contributed by atoms with E-state index >= 15 is 0 Å². The SMILES string of the molecule is C[C@@H](O)C1CCCN1c1ccc(CC(=O)C2=CCc3cccc(C(F)(F)F)c3C2=O)c(C(F)(F)F)c1.[HH]. The highest BCUT2D eigenvalue weighted by Crippen LogP contribution is 2.39. The Bertz CT molecular complexity index is 1240. The van der Waals surface area contributed by atoms with E-state index in [9.17, 15) is 41.0 Å². The average Bonchev–Trinajstić information content (AvgIpc) is 3.28. The van der Waals surface area contributed by atoms with Gasteiger partial charge in [-0.1, -0.05) is 24.3 Å². The van der Waals surface area contributed by atoms with Crippen molar-refractivity contribution >= 4 is 17.3 Å². The highest BCUT2D eigenvalue weighted by molar-refractivity contribution is 6.28. The Balaban J connectivity index is 0.00000380. The average molecular weight is 513 g/mol. The first-order chi connectivity index (χ1) is 16.8. The number of rotatable bonds is 5. The van der Waals surface area contributed by atoms with Crippen LogP contribution in [0.15, 0.2) is 48.0 Å². The zero-order valence-corrected chi connectivity index (χ0v) is 19.2. The molecule has 194 valence electrons. The van der Waals surface area contributed by atoms with Gasteiger partial charge in [-0.3, -0.25) is 9.59 Å². The minimum atomic E-state index is -4.83. The molecule has 0 amide bonds. The summed E-state index contributed by atoms with van der Waals surface area (Å²) in [5.74, 6) is -2.12. The lowest BCUT2D eigenvalue weighted by atomic mass is 9.84. The molecule has 0 saturated carbocycles. The van der Waals surface area contributed by atoms with Crippen LogP contribution in [0.2, 0.25) is 0 Å². The van der Waals surface area contributed by atoms with Crippen molar-refractivity contribution in [3.63, 3.8) is 0 Å². The number of Topliss-reactive ketones (excluding diaryl/α,β-unsaturated/α-hetero) is 2. The summed E-state index contributed by atoms with van der Waals surface area (Å²) in [6.45, 7) is 2.03. The zero-order valence-electron chi connectivity index (χ0n) is 19.2. The summed E-state index contributed by atoms with van der Waals surface area (Å²) < 4.78 is 82.2. The Morgan fingerprint density at radius 1 is 1.11 bits per heavy atom. The quantitative estimate of drug-likeness (QED) is 0.406. The molecule has 0 radical (unpaired) electrons. The van der Waals surface area contributed by atoms with Gasteiger partial charge in [0.25, 0.3) is 0 Å². The zero-order chi connectivity index (χ0) is 26.4. The molecule has 1 heterocycles. The fourth-order valence-electron chi connectivity index (χ4n) is 5.00. The van der Waals surface area contributed by atoms with Gasteiger partial charge in [0.05, 0.1) is 28.8 Å². The van der Waals surface area contributed by atoms with Gasteiger partial charge in [-0.05, 0) is 55.5 Å². The standard InChI is InChI=1S/C26H23F6NO3.H2/c1-14(34)21-6-3-11-33(21)17-9-7-16(20(13-17)26(30,31)32)12-22(35)18-10-8-15-4-2-5-19(25(27,28)29)23(15)24(18)36;/h2,4-5,7,9-10,13-14,21,34H,3,6,8,11-12H2,1H3;1H/t14-,21?;/m1./s1. The van der Waals surface area contributed by atoms with E-state index in [0.29, 0.717) is 19.4 Å². The number of alkyl halides is 6. The normalized spacial score (nSPS) is 19.2. The number of nitrogens with zero attached hydrogens (tertiary/aromatic N) is 1. The van der Waals surface area contributed by atoms with Gasteiger partial charge in [0.2, 0.25) is 0 Å². The van der Waals surface area contributed by atoms with Crippen LogP contribution >= 0.6 is 0 Å². The molecule has 1 aliphatic carbocycles. The van der Waals surface area contributed by atoms with Gasteiger partial charge in [0.15, 0.2) is 11.6 Å². The Kier molecular flexibility index (Phi) is 6.76. The summed E-state index contributed by atoms with van der Waals surface area (Å²) in [4.78, 5) is 27.5. The number of ketones is 2. The van der Waals surface area contributed by atoms with Crippen molar-refractivity contribution in [3.05, 3.63) is 75.9 Å². The summed E-state index contributed by atoms with van der Waals surface area (Å²) in [6, 6.07) is 6.39. The second-order valence-corrected chi connectivity index (χ2v) is 9.07. The molecule has 4 rings (SSSR count). The van der Waals surface area contributed by atoms with Gasteiger partial charge in [-0.25, -0.2) is 0 Å². The number of fused-ring (bicyclic) bond motifs is 1. The predicted molar refractivity (Wildman–Crippen MR) is 122 cm³/mol. The molecule has 36 heavy (non-hydrogen) atoms. The molecule has 2 aromatic rings. The van der Waals surface area contributed by atoms with Crippen LogP contribution in [0, 0.1) is 0 Å². The van der Waals surface area contributed by atoms with Crippen LogP contribution in [0.1, 0.15) is 53.8 Å². The lowest BCUT2D eigenvalue weighted by molar-refractivity contribution is -0.139. The van der Waals surface area contributed by atoms with Crippen LogP contribution < -0.4 is 4.90 Å². The first-order valence-electron chi connectivity index (χ1n) is 11.4. The summed E-state index contributed by atoms with van der Waals surface area (Å²) in [5, 5.41) is 9.98. The van der Waals surface area contributed by atoms with E-state index in [-0.39, 0.29) is 30.7 Å². The molecule has 2 aromatic carbocycles. The minimum Gasteiger partial charge on any atom is -0.391 e. The maximum absolute atomic E-state index is 13.9. The van der Waals surface area contributed by atoms with Gasteiger partial charge in [-0.15, -0.1) is 0 Å². The van der Waals surface area contributed by atoms with Crippen LogP contribution in [0.4, 0.5) is 32.0 Å². The number of carbonyl (C=O) groups is 2. The smallest absolute Gasteiger partial charge is 0.391 e. The summed E-state index contributed by atoms with van der Waals surface area (Å²) >= 11 is 0. The Labute approximate surface area is 204 Å². The molecule has 0 aromatic heterocycles. The minimum absolute atomic E-state index is 0. The molecule has 0 spiro atoms. The molecule has 1 fully saturated rings. The third-order valence-electron chi connectivity index (χ3n) is 6.69. The topological polar surface area (TPSA) is 57.6 Å². The fraction of sp³-hybridized carbons (Fsp3) is 0.385. The second-order valence-electron chi connectivity index (χ2n) is 9.07. The van der Waals surface area contributed by atoms with Crippen LogP contribution in [0.5, 0.6) is 0 Å². The Morgan fingerprint density at radius 3 is 2.44 bits per heavy atom. The predicted octanol–water partition coefficient (Wildman–Crippen LogP) is 5.80. The van der Waals surface area contributed by atoms with Gasteiger partial charge in [0.1, 0.15) is 0 Å². The van der Waals surface area contributed by atoms with Crippen molar-refractivity contribution in [2.75, 3.05) is 11.4 Å². The highest BCUT2D eigenvalue weighted by atomic mass is 19.4. The van der Waals surface area contributed by atoms with E-state index in [0.717, 1.165) is 24.3 Å². The van der Waals surface area contributed by atoms with Crippen LogP contribution in [0.25, 0.3) is 0 Å². The van der Waals surface area contributed by atoms with Crippen molar-refractivity contribution in [2.24, 2.45) is 0 Å². The highest BCUT2D eigenvalue weighted by Gasteiger charge is 2.40. The number of benzene rings is 2. The molecule has 10 heteroatoms. The first-order valence-corrected chi connectivity index (χ1v) is 11.4. The van der Waals surface area contributed by atoms with E-state index < -0.39 is 58.7 Å². The van der Waals surface area contributed by atoms with E-state index in [1.165, 1.54) is 18.2 Å². The molecule has 0 bridgehead atoms. The maximum Gasteiger partial charge on any atom is 0.417 e. The van der Waals surface area contributed by atoms with Gasteiger partial charge >= 0.3 is 12.4 Å². The molecule has 2 aliphatic rings. The monoisotopic (exact) mass is 513 g/mol. The first kappa shape index (κ1) is 25.9. The fourth-order valence-corrected chi connectivity index (χ4v) is 5.00. The summed E-state index contributed by atoms with van der Waals surface area (Å²) in [5.41, 5.74) is -3.46. The molecular formula is C26H25F6NO3. The summed E-state index contributed by atoms with van der Waals surface area (Å²) in [7, 11) is 0. The lowest BCUT2D eigenvalue weighted by Gasteiger charge is -2.30. The van der Waals surface area contributed by atoms with Crippen molar-refractivity contribution < 1.29 is 42.5 Å². The number of anilines is 1. The number of aliphatic hydroxyl groups excluding tert-OH is 1. The number of hydrogen-bond acceptors (Lipinski definition) is 4. The summed E-state index contributed by atoms with van der Waals surface area (Å²) in [6.07, 6.45) is -8.81. The van der Waals surface area contributed by atoms with Crippen LogP contribution in [-0.2, 0) is 30.0 Å². The van der Waals surface area contributed by atoms with Crippen molar-refractivity contribution in [3.8, 4) is 0 Å². The molecule has 4 nitrogen and oxygen atoms in total. The Hall–Kier alpha value is -3.14. The molecular weight excluding hydrogens is 488 g/mol. The third-order valence-corrected chi connectivity index (χ3v) is 6.69. The second kappa shape index (κ2) is 9.38. The van der Waals surface area contributed by atoms with Gasteiger partial charge in [0, 0.05) is 25.6 Å². The van der Waals surface area contributed by atoms with Crippen LogP contribution in [0.3, 0.4) is 0 Å². The van der Waals surface area contributed by atoms with Crippen molar-refractivity contribution in [2.45, 2.75) is 57.1 Å². The number of halogens is 6. The lowest BCUT2D eigenvalue weighted by Crippen LogP contribution is -2.37. The molecule has 1 N–H and O–H groups in total. The number of carbonyl (C=O) groups excluding carboxylic acids is 2. The maximum atomic E-state index is 13.9. The van der Waals surface area contributed by atoms with E-state index in [4.69, 9.17) is 0 Å². The van der Waals surface area contributed by atoms with E-state index in [1.807, 2.05) is 0 Å². The number of allylic oxidation sites excluding steroid dienone is 2. The van der Waals surface area contributed by atoms with E-state index in [2.05, 4.69) is 0 Å². The number of hydrogen-bond donors (Lipinski definition) is 1. The van der Waals surface area contributed by atoms with Crippen LogP contribution in [-0.4, -0.2) is 35.4 Å². The Morgan fingerprint density at radius 2 is 1.81 bits per heavy atom. The third kappa shape index (κ3) is 4.91. The molecule has 1 unspecified atom stereocenters. The van der Waals surface area contributed by atoms with Crippen molar-refractivity contribution in [1.82, 2.24) is 0 Å². The van der Waals surface area contributed by atoms with Gasteiger partial charge in [-0.2, -0.15) is 26.3 Å². The molecule has 2 atom stereocenters. The number of aliphatic hydroxyl groups is 1. The molecule has 1 aliphatic heterocycles. The largest absolute Gasteiger partial charge is 0.417 e. The van der Waals surface area contributed by atoms with E-state index in [1.54, 1.807) is 11.8 Å². The van der Waals surface area contributed by atoms with Gasteiger partial charge < -0.3 is 10.0 Å².